The average molecular weight is 217 g/mol. The predicted molar refractivity (Wildman–Crippen MR) is 26.9 cm³/mol. The van der Waals surface area contributed by atoms with Gasteiger partial charge in [-0.1, -0.05) is 0 Å². The Bertz CT molecular complexity index is 15.5. The molecule has 1 nitrogen and oxygen atoms in total. The topological polar surface area (TPSA) is 31.5 Å². The molecule has 2 N–H and O–H groups in total. The van der Waals surface area contributed by atoms with Crippen LogP contribution in [0.4, 0.5) is 0 Å². The fourth-order valence-corrected chi connectivity index (χ4v) is 0. The van der Waals surface area contributed by atoms with Crippen molar-refractivity contribution in [1.82, 2.24) is 0 Å². The zero-order chi connectivity index (χ0) is 3.58. The Morgan fingerprint density at radius 1 is 1.00 bits per heavy atom. The summed E-state index contributed by atoms with van der Waals surface area (Å²) in [6.45, 7) is 0. The molecule has 0 aromatic heterocycles. The molecule has 0 rings (SSSR count). The first-order valence-corrected chi connectivity index (χ1v) is 5.89. The van der Waals surface area contributed by atoms with Crippen molar-refractivity contribution in [3.8, 4) is 0 Å². The Labute approximate surface area is 66.0 Å². The minimum Gasteiger partial charge on any atom is -0.412 e. The molecule has 0 aromatic rings. The molecular weight excluding hydrogens is 215 g/mol. The van der Waals surface area contributed by atoms with Crippen LogP contribution in [-0.2, 0) is 19.5 Å². The summed E-state index contributed by atoms with van der Waals surface area (Å²) < 4.78 is 0. The van der Waals surface area contributed by atoms with E-state index in [9.17, 15) is 0 Å². The maximum absolute atomic E-state index is 4.94. The van der Waals surface area contributed by atoms with E-state index in [0.29, 0.717) is 0 Å². The standard InChI is InChI=1S/Al.3ClH.H2O.Zn/h;3*1H;1H2;/q+3;;;;;/p-3. The van der Waals surface area contributed by atoms with Crippen LogP contribution in [0.5, 0.6) is 0 Å². The van der Waals surface area contributed by atoms with Crippen molar-refractivity contribution in [1.29, 1.82) is 0 Å². The Morgan fingerprint density at radius 3 is 1.00 bits per heavy atom. The van der Waals surface area contributed by atoms with Crippen LogP contribution in [0.3, 0.4) is 0 Å². The Kier molecular flexibility index (Phi) is 26.3. The smallest absolute Gasteiger partial charge is 0.412 e. The number of hydrogen-bond acceptors (Lipinski definition) is 0. The molecule has 0 fully saturated rings. The van der Waals surface area contributed by atoms with Gasteiger partial charge in [0.2, 0.25) is 0 Å². The maximum Gasteiger partial charge on any atom is 0.643 e. The molecule has 0 atom stereocenters. The van der Waals surface area contributed by atoms with Crippen molar-refractivity contribution < 1.29 is 25.0 Å². The maximum atomic E-state index is 4.94. The van der Waals surface area contributed by atoms with Crippen molar-refractivity contribution >= 4 is 41.5 Å². The van der Waals surface area contributed by atoms with E-state index in [0.717, 1.165) is 0 Å². The molecule has 0 saturated carbocycles. The van der Waals surface area contributed by atoms with Gasteiger partial charge in [-0.2, -0.15) is 0 Å². The molecule has 0 amide bonds. The van der Waals surface area contributed by atoms with E-state index in [1.54, 1.807) is 0 Å². The quantitative estimate of drug-likeness (QED) is 0.538. The van der Waals surface area contributed by atoms with Gasteiger partial charge in [0.15, 0.2) is 0 Å². The molecule has 6 heavy (non-hydrogen) atoms. The van der Waals surface area contributed by atoms with Gasteiger partial charge in [-0.25, -0.2) is 30.1 Å². The number of halogens is 3. The van der Waals surface area contributed by atoms with Crippen LogP contribution >= 0.6 is 30.1 Å². The van der Waals surface area contributed by atoms with Crippen LogP contribution in [0.2, 0.25) is 0 Å². The van der Waals surface area contributed by atoms with Gasteiger partial charge in [0, 0.05) is 19.5 Å². The van der Waals surface area contributed by atoms with E-state index in [1.807, 2.05) is 0 Å². The van der Waals surface area contributed by atoms with Crippen LogP contribution in [0.15, 0.2) is 0 Å². The van der Waals surface area contributed by atoms with Crippen LogP contribution in [-0.4, -0.2) is 16.9 Å². The normalized spacial score (nSPS) is 4.50. The van der Waals surface area contributed by atoms with Crippen molar-refractivity contribution in [2.24, 2.45) is 0 Å². The third kappa shape index (κ3) is 37.7. The van der Waals surface area contributed by atoms with E-state index in [4.69, 9.17) is 30.1 Å². The van der Waals surface area contributed by atoms with Gasteiger partial charge in [0.05, 0.1) is 0 Å². The van der Waals surface area contributed by atoms with E-state index in [1.165, 1.54) is 0 Å². The summed E-state index contributed by atoms with van der Waals surface area (Å²) in [5, 5.41) is 0. The summed E-state index contributed by atoms with van der Waals surface area (Å²) in [5.41, 5.74) is 0. The molecule has 34 valence electrons. The van der Waals surface area contributed by atoms with E-state index in [2.05, 4.69) is 0 Å². The molecule has 0 aliphatic carbocycles. The Morgan fingerprint density at radius 2 is 1.00 bits per heavy atom. The van der Waals surface area contributed by atoms with Gasteiger partial charge >= 0.3 is 11.4 Å². The van der Waals surface area contributed by atoms with E-state index >= 15 is 0 Å². The van der Waals surface area contributed by atoms with Gasteiger partial charge < -0.3 is 5.48 Å². The second-order valence-electron chi connectivity index (χ2n) is 0.247. The molecule has 0 unspecified atom stereocenters. The van der Waals surface area contributed by atoms with E-state index < -0.39 is 11.4 Å². The second kappa shape index (κ2) is 10.1. The first-order chi connectivity index (χ1) is 1.73. The molecule has 0 aromatic carbocycles. The Hall–Kier alpha value is 1.99. The molecule has 0 heterocycles. The minimum absolute atomic E-state index is 0. The molecular formula is H2AlCl3OZn. The van der Waals surface area contributed by atoms with Crippen molar-refractivity contribution in [2.75, 3.05) is 0 Å². The number of rotatable bonds is 0. The van der Waals surface area contributed by atoms with Crippen LogP contribution in [0.1, 0.15) is 0 Å². The largest absolute Gasteiger partial charge is 0.643 e. The van der Waals surface area contributed by atoms with E-state index in [-0.39, 0.29) is 25.0 Å². The molecule has 6 heteroatoms. The minimum atomic E-state index is -1.72. The van der Waals surface area contributed by atoms with Crippen LogP contribution < -0.4 is 0 Å². The summed E-state index contributed by atoms with van der Waals surface area (Å²) in [4.78, 5) is 0. The second-order valence-corrected chi connectivity index (χ2v) is 6.68. The fraction of sp³-hybridized carbons (Fsp3) is 0. The molecule has 0 aliphatic heterocycles. The first kappa shape index (κ1) is 15.7. The monoisotopic (exact) mass is 214 g/mol. The van der Waals surface area contributed by atoms with Gasteiger partial charge in [-0.3, -0.25) is 0 Å². The fourth-order valence-electron chi connectivity index (χ4n) is 0. The summed E-state index contributed by atoms with van der Waals surface area (Å²) in [6, 6.07) is 0. The van der Waals surface area contributed by atoms with Crippen LogP contribution in [0.25, 0.3) is 0 Å². The Balaban J connectivity index is -0.0000000450. The molecule has 0 spiro atoms. The summed E-state index contributed by atoms with van der Waals surface area (Å²) >= 11 is -1.72. The van der Waals surface area contributed by atoms with Gasteiger partial charge in [0.25, 0.3) is 0 Å². The van der Waals surface area contributed by atoms with Crippen LogP contribution in [0, 0.1) is 0 Å². The number of hydrogen-bond donors (Lipinski definition) is 0. The first-order valence-electron chi connectivity index (χ1n) is 0.655. The average Bonchev–Trinajstić information content (AvgIpc) is 0.811. The van der Waals surface area contributed by atoms with Gasteiger partial charge in [0.1, 0.15) is 0 Å². The molecule has 0 saturated heterocycles. The predicted octanol–water partition coefficient (Wildman–Crippen LogP) is 0.861. The van der Waals surface area contributed by atoms with Crippen molar-refractivity contribution in [3.05, 3.63) is 0 Å². The SMILES string of the molecule is O.[Cl][Al]([Cl])[Cl].[Zn]. The molecule has 0 aliphatic rings. The molecule has 0 bridgehead atoms. The third-order valence-electron chi connectivity index (χ3n) is 0. The van der Waals surface area contributed by atoms with Gasteiger partial charge in [-0.05, 0) is 0 Å². The third-order valence-corrected chi connectivity index (χ3v) is 0. The zero-order valence-electron chi connectivity index (χ0n) is 2.92. The van der Waals surface area contributed by atoms with Crippen molar-refractivity contribution in [2.45, 2.75) is 0 Å². The summed E-state index contributed by atoms with van der Waals surface area (Å²) in [5.74, 6) is 0. The van der Waals surface area contributed by atoms with Crippen molar-refractivity contribution in [3.63, 3.8) is 0 Å². The molecule has 0 radical (unpaired) electrons. The summed E-state index contributed by atoms with van der Waals surface area (Å²) in [6.07, 6.45) is 0. The van der Waals surface area contributed by atoms with Gasteiger partial charge in [-0.15, -0.1) is 0 Å². The zero-order valence-corrected chi connectivity index (χ0v) is 9.31. The summed E-state index contributed by atoms with van der Waals surface area (Å²) in [7, 11) is 14.8.